The van der Waals surface area contributed by atoms with Crippen LogP contribution >= 0.6 is 0 Å². The molecular weight excluding hydrogens is 250 g/mol. The summed E-state index contributed by atoms with van der Waals surface area (Å²) in [6.45, 7) is 2.79. The molecule has 1 atom stereocenters. The van der Waals surface area contributed by atoms with Gasteiger partial charge in [-0.15, -0.1) is 0 Å². The molecule has 110 valence electrons. The van der Waals surface area contributed by atoms with Crippen LogP contribution in [0.3, 0.4) is 0 Å². The number of nitrogens with zero attached hydrogens (tertiary/aromatic N) is 2. The zero-order chi connectivity index (χ0) is 14.5. The molecule has 1 aliphatic heterocycles. The van der Waals surface area contributed by atoms with E-state index < -0.39 is 0 Å². The van der Waals surface area contributed by atoms with Crippen molar-refractivity contribution in [2.75, 3.05) is 39.5 Å². The van der Waals surface area contributed by atoms with Gasteiger partial charge < -0.3 is 15.4 Å². The fourth-order valence-electron chi connectivity index (χ4n) is 2.95. The van der Waals surface area contributed by atoms with Crippen LogP contribution in [0.15, 0.2) is 24.3 Å². The second-order valence-electron chi connectivity index (χ2n) is 5.94. The lowest BCUT2D eigenvalue weighted by Crippen LogP contribution is -2.46. The summed E-state index contributed by atoms with van der Waals surface area (Å²) in [6.07, 6.45) is 3.31. The molecule has 0 spiro atoms. The molecular formula is C16H25N3O. The van der Waals surface area contributed by atoms with E-state index >= 15 is 0 Å². The smallest absolute Gasteiger partial charge is 0.138 e. The number of likely N-dealkylation sites (tertiary alicyclic amines) is 1. The summed E-state index contributed by atoms with van der Waals surface area (Å²) < 4.78 is 0. The number of hydrogen-bond donors (Lipinski definition) is 1. The summed E-state index contributed by atoms with van der Waals surface area (Å²) in [4.78, 5) is 15.6. The van der Waals surface area contributed by atoms with Crippen molar-refractivity contribution in [1.29, 1.82) is 0 Å². The monoisotopic (exact) mass is 275 g/mol. The number of carbonyl (C=O) groups is 1. The predicted octanol–water partition coefficient (Wildman–Crippen LogP) is 1.58. The third-order valence-corrected chi connectivity index (χ3v) is 4.12. The highest BCUT2D eigenvalue weighted by atomic mass is 16.1. The van der Waals surface area contributed by atoms with Gasteiger partial charge in [-0.3, -0.25) is 4.90 Å². The molecule has 1 unspecified atom stereocenters. The second-order valence-corrected chi connectivity index (χ2v) is 5.94. The van der Waals surface area contributed by atoms with E-state index in [1.165, 1.54) is 5.56 Å². The highest BCUT2D eigenvalue weighted by molar-refractivity contribution is 5.58. The Labute approximate surface area is 121 Å². The van der Waals surface area contributed by atoms with Crippen LogP contribution in [0.2, 0.25) is 0 Å². The van der Waals surface area contributed by atoms with Crippen LogP contribution in [0.25, 0.3) is 0 Å². The van der Waals surface area contributed by atoms with Gasteiger partial charge in [-0.05, 0) is 63.6 Å². The van der Waals surface area contributed by atoms with E-state index in [-0.39, 0.29) is 6.04 Å². The zero-order valence-electron chi connectivity index (χ0n) is 12.5. The Morgan fingerprint density at radius 1 is 1.30 bits per heavy atom. The minimum atomic E-state index is 0.0253. The minimum absolute atomic E-state index is 0.0253. The third kappa shape index (κ3) is 3.81. The van der Waals surface area contributed by atoms with Gasteiger partial charge in [-0.2, -0.15) is 0 Å². The number of anilines is 1. The average molecular weight is 275 g/mol. The normalized spacial score (nSPS) is 19.1. The quantitative estimate of drug-likeness (QED) is 0.655. The molecule has 1 aromatic carbocycles. The molecule has 1 aliphatic rings. The van der Waals surface area contributed by atoms with E-state index in [2.05, 4.69) is 21.9 Å². The molecule has 1 aromatic rings. The van der Waals surface area contributed by atoms with Crippen LogP contribution in [0.1, 0.15) is 24.3 Å². The van der Waals surface area contributed by atoms with Crippen LogP contribution in [-0.4, -0.2) is 55.9 Å². The second kappa shape index (κ2) is 6.86. The summed E-state index contributed by atoms with van der Waals surface area (Å²) >= 11 is 0. The summed E-state index contributed by atoms with van der Waals surface area (Å²) in [5, 5.41) is 0. The Hall–Kier alpha value is -1.39. The Morgan fingerprint density at radius 2 is 1.90 bits per heavy atom. The number of nitrogen functional groups attached to an aromatic ring is 1. The molecule has 0 saturated carbocycles. The van der Waals surface area contributed by atoms with Crippen molar-refractivity contribution < 1.29 is 4.79 Å². The summed E-state index contributed by atoms with van der Waals surface area (Å²) in [5.41, 5.74) is 7.92. The molecule has 0 amide bonds. The molecule has 0 aromatic heterocycles. The number of piperidine rings is 1. The van der Waals surface area contributed by atoms with Gasteiger partial charge in [0.1, 0.15) is 6.29 Å². The van der Waals surface area contributed by atoms with Gasteiger partial charge in [0.2, 0.25) is 0 Å². The number of hydrogen-bond acceptors (Lipinski definition) is 4. The lowest BCUT2D eigenvalue weighted by molar-refractivity contribution is -0.113. The molecule has 0 aliphatic carbocycles. The molecule has 4 heteroatoms. The molecule has 2 rings (SSSR count). The maximum atomic E-state index is 11.2. The molecule has 1 saturated heterocycles. The SMILES string of the molecule is CN(C)CC(C=O)N1CCC(c2ccc(N)cc2)CC1. The highest BCUT2D eigenvalue weighted by Crippen LogP contribution is 2.29. The van der Waals surface area contributed by atoms with Crippen molar-refractivity contribution in [2.24, 2.45) is 0 Å². The molecule has 20 heavy (non-hydrogen) atoms. The van der Waals surface area contributed by atoms with E-state index in [1.807, 2.05) is 26.2 Å². The fourth-order valence-corrected chi connectivity index (χ4v) is 2.95. The van der Waals surface area contributed by atoms with E-state index in [9.17, 15) is 4.79 Å². The van der Waals surface area contributed by atoms with E-state index in [4.69, 9.17) is 5.73 Å². The van der Waals surface area contributed by atoms with Gasteiger partial charge in [-0.25, -0.2) is 0 Å². The zero-order valence-corrected chi connectivity index (χ0v) is 12.5. The lowest BCUT2D eigenvalue weighted by atomic mass is 9.89. The summed E-state index contributed by atoms with van der Waals surface area (Å²) in [6, 6.07) is 8.24. The molecule has 1 fully saturated rings. The first-order valence-corrected chi connectivity index (χ1v) is 7.29. The van der Waals surface area contributed by atoms with Gasteiger partial charge in [0.05, 0.1) is 6.04 Å². The Morgan fingerprint density at radius 3 is 2.40 bits per heavy atom. The van der Waals surface area contributed by atoms with Gasteiger partial charge in [0.25, 0.3) is 0 Å². The van der Waals surface area contributed by atoms with Crippen LogP contribution in [-0.2, 0) is 4.79 Å². The minimum Gasteiger partial charge on any atom is -0.399 e. The largest absolute Gasteiger partial charge is 0.399 e. The maximum absolute atomic E-state index is 11.2. The van der Waals surface area contributed by atoms with E-state index in [0.29, 0.717) is 5.92 Å². The first-order chi connectivity index (χ1) is 9.60. The first-order valence-electron chi connectivity index (χ1n) is 7.29. The van der Waals surface area contributed by atoms with Crippen LogP contribution in [0.4, 0.5) is 5.69 Å². The number of carbonyl (C=O) groups excluding carboxylic acids is 1. The Bertz CT molecular complexity index is 422. The van der Waals surface area contributed by atoms with Crippen molar-refractivity contribution >= 4 is 12.0 Å². The number of rotatable bonds is 5. The standard InChI is InChI=1S/C16H25N3O/c1-18(2)11-16(12-20)19-9-7-14(8-10-19)13-3-5-15(17)6-4-13/h3-6,12,14,16H,7-11,17H2,1-2H3. The van der Waals surface area contributed by atoms with Gasteiger partial charge >= 0.3 is 0 Å². The molecule has 0 radical (unpaired) electrons. The highest BCUT2D eigenvalue weighted by Gasteiger charge is 2.25. The maximum Gasteiger partial charge on any atom is 0.138 e. The fraction of sp³-hybridized carbons (Fsp3) is 0.562. The number of likely N-dealkylation sites (N-methyl/N-ethyl adjacent to an activating group) is 1. The van der Waals surface area contributed by atoms with Gasteiger partial charge in [0.15, 0.2) is 0 Å². The molecule has 2 N–H and O–H groups in total. The van der Waals surface area contributed by atoms with Gasteiger partial charge in [-0.1, -0.05) is 12.1 Å². The molecule has 0 bridgehead atoms. The Balaban J connectivity index is 1.91. The van der Waals surface area contributed by atoms with E-state index in [0.717, 1.165) is 44.4 Å². The van der Waals surface area contributed by atoms with Crippen molar-refractivity contribution in [3.63, 3.8) is 0 Å². The van der Waals surface area contributed by atoms with Crippen molar-refractivity contribution in [2.45, 2.75) is 24.8 Å². The van der Waals surface area contributed by atoms with Crippen LogP contribution in [0, 0.1) is 0 Å². The number of aldehydes is 1. The average Bonchev–Trinajstić information content (AvgIpc) is 2.46. The molecule has 1 heterocycles. The van der Waals surface area contributed by atoms with Crippen molar-refractivity contribution in [3.05, 3.63) is 29.8 Å². The Kier molecular flexibility index (Phi) is 5.15. The number of nitrogens with two attached hydrogens (primary N) is 1. The lowest BCUT2D eigenvalue weighted by Gasteiger charge is -2.36. The van der Waals surface area contributed by atoms with Crippen LogP contribution in [0.5, 0.6) is 0 Å². The van der Waals surface area contributed by atoms with E-state index in [1.54, 1.807) is 0 Å². The summed E-state index contributed by atoms with van der Waals surface area (Å²) in [7, 11) is 4.02. The van der Waals surface area contributed by atoms with Crippen molar-refractivity contribution in [1.82, 2.24) is 9.80 Å². The first kappa shape index (κ1) is 15.0. The third-order valence-electron chi connectivity index (χ3n) is 4.12. The van der Waals surface area contributed by atoms with Crippen molar-refractivity contribution in [3.8, 4) is 0 Å². The number of benzene rings is 1. The van der Waals surface area contributed by atoms with Crippen LogP contribution < -0.4 is 5.73 Å². The molecule has 4 nitrogen and oxygen atoms in total. The predicted molar refractivity (Wildman–Crippen MR) is 82.8 cm³/mol. The topological polar surface area (TPSA) is 49.6 Å². The van der Waals surface area contributed by atoms with Gasteiger partial charge in [0, 0.05) is 12.2 Å². The summed E-state index contributed by atoms with van der Waals surface area (Å²) in [5.74, 6) is 0.596.